The molecule has 0 radical (unpaired) electrons. The number of rotatable bonds is 3. The number of nitrogens with zero attached hydrogens (tertiary/aromatic N) is 4. The molecule has 110 valence electrons. The van der Waals surface area contributed by atoms with E-state index in [9.17, 15) is 4.79 Å². The van der Waals surface area contributed by atoms with Gasteiger partial charge in [-0.15, -0.1) is 10.2 Å². The van der Waals surface area contributed by atoms with Crippen LogP contribution in [0, 0.1) is 13.8 Å². The summed E-state index contributed by atoms with van der Waals surface area (Å²) in [4.78, 5) is 16.1. The van der Waals surface area contributed by atoms with Crippen molar-refractivity contribution >= 4 is 11.6 Å². The van der Waals surface area contributed by atoms with E-state index in [1.807, 2.05) is 32.0 Å². The summed E-state index contributed by atoms with van der Waals surface area (Å²) in [6.45, 7) is 4.03. The van der Waals surface area contributed by atoms with E-state index >= 15 is 0 Å². The molecule has 0 atom stereocenters. The molecule has 6 nitrogen and oxygen atoms in total. The molecule has 1 aromatic carbocycles. The molecule has 6 heteroatoms. The summed E-state index contributed by atoms with van der Waals surface area (Å²) in [5, 5.41) is 10.8. The molecular weight excluding hydrogens is 278 g/mol. The van der Waals surface area contributed by atoms with Gasteiger partial charge in [0.1, 0.15) is 6.33 Å². The van der Waals surface area contributed by atoms with Crippen LogP contribution in [0.4, 0.5) is 5.69 Å². The number of carbonyl (C=O) groups excluding carboxylic acids is 1. The van der Waals surface area contributed by atoms with E-state index in [4.69, 9.17) is 0 Å². The second-order valence-corrected chi connectivity index (χ2v) is 5.00. The van der Waals surface area contributed by atoms with Crippen molar-refractivity contribution in [2.75, 3.05) is 5.32 Å². The third-order valence-corrected chi connectivity index (χ3v) is 3.42. The molecule has 2 aromatic heterocycles. The second-order valence-electron chi connectivity index (χ2n) is 5.00. The molecule has 0 bridgehead atoms. The number of aryl methyl sites for hydroxylation is 2. The number of imidazole rings is 1. The number of carbonyl (C=O) groups is 1. The molecule has 0 aliphatic heterocycles. The van der Waals surface area contributed by atoms with Crippen molar-refractivity contribution in [3.8, 4) is 5.82 Å². The summed E-state index contributed by atoms with van der Waals surface area (Å²) < 4.78 is 1.72. The minimum atomic E-state index is -0.284. The zero-order chi connectivity index (χ0) is 15.5. The molecule has 3 rings (SSSR count). The SMILES string of the molecule is Cc1ccc(NC(=O)c2ccc(-n3ccnc3)nn2)cc1C. The fraction of sp³-hybridized carbons (Fsp3) is 0.125. The second kappa shape index (κ2) is 5.77. The monoisotopic (exact) mass is 293 g/mol. The lowest BCUT2D eigenvalue weighted by molar-refractivity contribution is 0.102. The first-order chi connectivity index (χ1) is 10.6. The number of amides is 1. The summed E-state index contributed by atoms with van der Waals surface area (Å²) in [6, 6.07) is 9.13. The maximum Gasteiger partial charge on any atom is 0.276 e. The Balaban J connectivity index is 1.76. The van der Waals surface area contributed by atoms with Crippen LogP contribution in [0.2, 0.25) is 0 Å². The summed E-state index contributed by atoms with van der Waals surface area (Å²) in [6.07, 6.45) is 5.04. The summed E-state index contributed by atoms with van der Waals surface area (Å²) in [7, 11) is 0. The number of benzene rings is 1. The average molecular weight is 293 g/mol. The van der Waals surface area contributed by atoms with Crippen LogP contribution in [0.15, 0.2) is 49.1 Å². The van der Waals surface area contributed by atoms with Crippen LogP contribution in [-0.2, 0) is 0 Å². The Bertz CT molecular complexity index is 794. The van der Waals surface area contributed by atoms with Crippen LogP contribution in [0.1, 0.15) is 21.6 Å². The first-order valence-corrected chi connectivity index (χ1v) is 6.84. The molecule has 0 saturated carbocycles. The third kappa shape index (κ3) is 2.85. The molecule has 3 aromatic rings. The lowest BCUT2D eigenvalue weighted by Crippen LogP contribution is -2.15. The van der Waals surface area contributed by atoms with Gasteiger partial charge in [-0.1, -0.05) is 6.07 Å². The topological polar surface area (TPSA) is 72.7 Å². The lowest BCUT2D eigenvalue weighted by atomic mass is 10.1. The van der Waals surface area contributed by atoms with E-state index in [0.29, 0.717) is 5.82 Å². The van der Waals surface area contributed by atoms with Gasteiger partial charge in [0.05, 0.1) is 0 Å². The van der Waals surface area contributed by atoms with Crippen molar-refractivity contribution in [1.82, 2.24) is 19.7 Å². The fourth-order valence-corrected chi connectivity index (χ4v) is 1.99. The maximum atomic E-state index is 12.2. The van der Waals surface area contributed by atoms with Gasteiger partial charge >= 0.3 is 0 Å². The number of aromatic nitrogens is 4. The van der Waals surface area contributed by atoms with Crippen molar-refractivity contribution in [1.29, 1.82) is 0 Å². The average Bonchev–Trinajstić information content (AvgIpc) is 3.05. The molecule has 0 spiro atoms. The highest BCUT2D eigenvalue weighted by atomic mass is 16.1. The standard InChI is InChI=1S/C16H15N5O/c1-11-3-4-13(9-12(11)2)18-16(22)14-5-6-15(20-19-14)21-8-7-17-10-21/h3-10H,1-2H3,(H,18,22). The molecule has 0 aliphatic carbocycles. The predicted molar refractivity (Wildman–Crippen MR) is 83.0 cm³/mol. The van der Waals surface area contributed by atoms with Gasteiger partial charge in [0, 0.05) is 18.1 Å². The third-order valence-electron chi connectivity index (χ3n) is 3.42. The van der Waals surface area contributed by atoms with E-state index in [2.05, 4.69) is 20.5 Å². The van der Waals surface area contributed by atoms with Crippen LogP contribution in [0.3, 0.4) is 0 Å². The minimum absolute atomic E-state index is 0.266. The first-order valence-electron chi connectivity index (χ1n) is 6.84. The molecule has 22 heavy (non-hydrogen) atoms. The predicted octanol–water partition coefficient (Wildman–Crippen LogP) is 2.53. The van der Waals surface area contributed by atoms with Crippen molar-refractivity contribution in [2.45, 2.75) is 13.8 Å². The van der Waals surface area contributed by atoms with Crippen molar-refractivity contribution in [2.24, 2.45) is 0 Å². The quantitative estimate of drug-likeness (QED) is 0.805. The molecule has 0 fully saturated rings. The first kappa shape index (κ1) is 13.9. The van der Waals surface area contributed by atoms with Gasteiger partial charge < -0.3 is 5.32 Å². The number of hydrogen-bond acceptors (Lipinski definition) is 4. The largest absolute Gasteiger partial charge is 0.321 e. The van der Waals surface area contributed by atoms with Gasteiger partial charge in [-0.2, -0.15) is 0 Å². The Morgan fingerprint density at radius 1 is 1.09 bits per heavy atom. The smallest absolute Gasteiger partial charge is 0.276 e. The molecule has 0 saturated heterocycles. The van der Waals surface area contributed by atoms with E-state index in [1.165, 1.54) is 5.56 Å². The summed E-state index contributed by atoms with van der Waals surface area (Å²) >= 11 is 0. The molecule has 0 aliphatic rings. The van der Waals surface area contributed by atoms with Gasteiger partial charge in [0.15, 0.2) is 11.5 Å². The molecule has 0 unspecified atom stereocenters. The maximum absolute atomic E-state index is 12.2. The van der Waals surface area contributed by atoms with Gasteiger partial charge in [-0.05, 0) is 49.2 Å². The Morgan fingerprint density at radius 3 is 2.59 bits per heavy atom. The highest BCUT2D eigenvalue weighted by Gasteiger charge is 2.09. The van der Waals surface area contributed by atoms with E-state index in [0.717, 1.165) is 11.3 Å². The van der Waals surface area contributed by atoms with Crippen LogP contribution in [0.5, 0.6) is 0 Å². The van der Waals surface area contributed by atoms with Crippen molar-refractivity contribution in [3.05, 3.63) is 65.9 Å². The van der Waals surface area contributed by atoms with Crippen LogP contribution in [-0.4, -0.2) is 25.7 Å². The van der Waals surface area contributed by atoms with Crippen LogP contribution >= 0.6 is 0 Å². The molecule has 1 N–H and O–H groups in total. The van der Waals surface area contributed by atoms with E-state index in [1.54, 1.807) is 35.4 Å². The Kier molecular flexibility index (Phi) is 3.65. The number of hydrogen-bond donors (Lipinski definition) is 1. The molecule has 1 amide bonds. The van der Waals surface area contributed by atoms with Crippen molar-refractivity contribution in [3.63, 3.8) is 0 Å². The van der Waals surface area contributed by atoms with Gasteiger partial charge in [0.2, 0.25) is 0 Å². The number of anilines is 1. The molecular formula is C16H15N5O. The van der Waals surface area contributed by atoms with E-state index in [-0.39, 0.29) is 11.6 Å². The fourth-order valence-electron chi connectivity index (χ4n) is 1.99. The lowest BCUT2D eigenvalue weighted by Gasteiger charge is -2.07. The minimum Gasteiger partial charge on any atom is -0.321 e. The van der Waals surface area contributed by atoms with Crippen LogP contribution in [0.25, 0.3) is 5.82 Å². The Labute approximate surface area is 127 Å². The van der Waals surface area contributed by atoms with E-state index < -0.39 is 0 Å². The zero-order valence-electron chi connectivity index (χ0n) is 12.3. The highest BCUT2D eigenvalue weighted by Crippen LogP contribution is 2.15. The van der Waals surface area contributed by atoms with Gasteiger partial charge in [-0.25, -0.2) is 4.98 Å². The normalized spacial score (nSPS) is 10.5. The zero-order valence-corrected chi connectivity index (χ0v) is 12.3. The van der Waals surface area contributed by atoms with Crippen LogP contribution < -0.4 is 5.32 Å². The Hall–Kier alpha value is -3.02. The highest BCUT2D eigenvalue weighted by molar-refractivity contribution is 6.02. The molecule has 2 heterocycles. The van der Waals surface area contributed by atoms with Gasteiger partial charge in [0.25, 0.3) is 5.91 Å². The van der Waals surface area contributed by atoms with Crippen molar-refractivity contribution < 1.29 is 4.79 Å². The Morgan fingerprint density at radius 2 is 1.95 bits per heavy atom. The summed E-state index contributed by atoms with van der Waals surface area (Å²) in [5.41, 5.74) is 3.32. The number of nitrogens with one attached hydrogen (secondary N) is 1. The van der Waals surface area contributed by atoms with Gasteiger partial charge in [-0.3, -0.25) is 9.36 Å². The summed E-state index contributed by atoms with van der Waals surface area (Å²) in [5.74, 6) is 0.327.